The van der Waals surface area contributed by atoms with E-state index >= 15 is 0 Å². The molecule has 3 atom stereocenters. The summed E-state index contributed by atoms with van der Waals surface area (Å²) in [6.45, 7) is 5.92. The molecule has 38 heavy (non-hydrogen) atoms. The van der Waals surface area contributed by atoms with Crippen LogP contribution in [0.3, 0.4) is 0 Å². The lowest BCUT2D eigenvalue weighted by Gasteiger charge is -2.44. The summed E-state index contributed by atoms with van der Waals surface area (Å²) in [5.41, 5.74) is 4.40. The zero-order valence-electron chi connectivity index (χ0n) is 21.5. The monoisotopic (exact) mass is 526 g/mol. The molecule has 3 aliphatic rings. The van der Waals surface area contributed by atoms with Crippen LogP contribution in [-0.2, 0) is 16.1 Å². The number of urea groups is 1. The van der Waals surface area contributed by atoms with Crippen molar-refractivity contribution in [2.24, 2.45) is 0 Å². The molecular weight excluding hydrogens is 494 g/mol. The van der Waals surface area contributed by atoms with Crippen LogP contribution in [0, 0.1) is 11.6 Å². The van der Waals surface area contributed by atoms with Gasteiger partial charge in [0.25, 0.3) is 5.91 Å². The number of nitrogens with one attached hydrogen (secondary N) is 1. The van der Waals surface area contributed by atoms with Gasteiger partial charge in [-0.15, -0.1) is 0 Å². The highest BCUT2D eigenvalue weighted by Crippen LogP contribution is 2.30. The van der Waals surface area contributed by atoms with Gasteiger partial charge in [-0.1, -0.05) is 31.2 Å². The van der Waals surface area contributed by atoms with Crippen molar-refractivity contribution >= 4 is 23.5 Å². The molecule has 3 saturated heterocycles. The molecule has 2 aromatic rings. The van der Waals surface area contributed by atoms with Crippen molar-refractivity contribution in [3.63, 3.8) is 0 Å². The number of fused-ring (bicyclic) bond motifs is 1. The van der Waals surface area contributed by atoms with Gasteiger partial charge < -0.3 is 14.7 Å². The maximum absolute atomic E-state index is 14.2. The summed E-state index contributed by atoms with van der Waals surface area (Å²) in [7, 11) is 0. The van der Waals surface area contributed by atoms with E-state index in [0.29, 0.717) is 44.0 Å². The summed E-state index contributed by atoms with van der Waals surface area (Å²) in [4.78, 5) is 46.9. The van der Waals surface area contributed by atoms with E-state index < -0.39 is 23.9 Å². The minimum Gasteiger partial charge on any atom is -0.366 e. The molecule has 0 aromatic heterocycles. The fourth-order valence-electron chi connectivity index (χ4n) is 5.66. The van der Waals surface area contributed by atoms with Crippen LogP contribution in [0.2, 0.25) is 0 Å². The van der Waals surface area contributed by atoms with Crippen LogP contribution < -0.4 is 10.3 Å². The summed E-state index contributed by atoms with van der Waals surface area (Å²) >= 11 is 0. The summed E-state index contributed by atoms with van der Waals surface area (Å²) in [6.07, 6.45) is 0. The Morgan fingerprint density at radius 3 is 2.34 bits per heavy atom. The Balaban J connectivity index is 1.33. The van der Waals surface area contributed by atoms with Crippen molar-refractivity contribution in [1.82, 2.24) is 25.1 Å². The van der Waals surface area contributed by atoms with E-state index in [1.54, 1.807) is 35.2 Å². The zero-order chi connectivity index (χ0) is 27.0. The van der Waals surface area contributed by atoms with E-state index in [1.165, 1.54) is 23.1 Å². The Kier molecular flexibility index (Phi) is 7.31. The Morgan fingerprint density at radius 2 is 1.68 bits per heavy atom. The summed E-state index contributed by atoms with van der Waals surface area (Å²) in [5, 5.41) is 1.81. The van der Waals surface area contributed by atoms with Gasteiger partial charge in [-0.05, 0) is 36.8 Å². The van der Waals surface area contributed by atoms with E-state index in [-0.39, 0.29) is 36.8 Å². The highest BCUT2D eigenvalue weighted by Gasteiger charge is 2.55. The predicted molar refractivity (Wildman–Crippen MR) is 137 cm³/mol. The Bertz CT molecular complexity index is 1200. The smallest absolute Gasteiger partial charge is 0.327 e. The highest BCUT2D eigenvalue weighted by molar-refractivity contribution is 6.02. The first-order chi connectivity index (χ1) is 18.3. The molecule has 202 valence electrons. The first-order valence-corrected chi connectivity index (χ1v) is 12.9. The maximum Gasteiger partial charge on any atom is 0.327 e. The minimum absolute atomic E-state index is 0.0148. The first kappa shape index (κ1) is 26.1. The van der Waals surface area contributed by atoms with Gasteiger partial charge in [0, 0.05) is 38.8 Å². The number of halogens is 2. The minimum atomic E-state index is -0.640. The number of amides is 4. The summed E-state index contributed by atoms with van der Waals surface area (Å²) in [5.74, 6) is -1.27. The molecule has 3 unspecified atom stereocenters. The van der Waals surface area contributed by atoms with E-state index in [1.807, 2.05) is 23.8 Å². The van der Waals surface area contributed by atoms with Crippen molar-refractivity contribution < 1.29 is 23.2 Å². The van der Waals surface area contributed by atoms with Crippen LogP contribution in [0.4, 0.5) is 19.3 Å². The molecule has 9 nitrogen and oxygen atoms in total. The molecule has 4 amide bonds. The van der Waals surface area contributed by atoms with Gasteiger partial charge in [0.1, 0.15) is 24.2 Å². The SMILES string of the molecule is CCN1NC(C)C2C1C(=O)N(Cc1ccc(F)cc1)C(=O)N2CC(=O)N1CCN(c2ccccc2F)CC1. The average Bonchev–Trinajstić information content (AvgIpc) is 3.26. The lowest BCUT2D eigenvalue weighted by Crippen LogP contribution is -2.67. The number of piperazine rings is 1. The molecule has 0 aliphatic carbocycles. The standard InChI is InChI=1S/C27H32F2N6O3/c1-3-35-25-24(18(2)30-35)33(27(38)34(26(25)37)16-19-8-10-20(28)11-9-19)17-23(36)32-14-12-31(13-15-32)22-7-5-4-6-21(22)29/h4-11,18,24-25,30H,3,12-17H2,1-2H3. The molecule has 11 heteroatoms. The number of anilines is 1. The number of likely N-dealkylation sites (N-methyl/N-ethyl adjacent to an activating group) is 1. The second kappa shape index (κ2) is 10.7. The highest BCUT2D eigenvalue weighted by atomic mass is 19.1. The van der Waals surface area contributed by atoms with Gasteiger partial charge in [0.2, 0.25) is 5.91 Å². The van der Waals surface area contributed by atoms with Gasteiger partial charge in [0.05, 0.1) is 18.3 Å². The fourth-order valence-corrected chi connectivity index (χ4v) is 5.66. The number of benzene rings is 2. The van der Waals surface area contributed by atoms with Crippen LogP contribution in [0.5, 0.6) is 0 Å². The molecule has 3 fully saturated rings. The summed E-state index contributed by atoms with van der Waals surface area (Å²) < 4.78 is 27.6. The van der Waals surface area contributed by atoms with Crippen molar-refractivity contribution in [3.05, 3.63) is 65.7 Å². The topological polar surface area (TPSA) is 79.4 Å². The average molecular weight is 527 g/mol. The fraction of sp³-hybridized carbons (Fsp3) is 0.444. The van der Waals surface area contributed by atoms with Crippen LogP contribution in [0.1, 0.15) is 19.4 Å². The molecule has 3 heterocycles. The van der Waals surface area contributed by atoms with E-state index in [9.17, 15) is 23.2 Å². The van der Waals surface area contributed by atoms with Gasteiger partial charge in [-0.25, -0.2) is 24.0 Å². The molecule has 0 bridgehead atoms. The quantitative estimate of drug-likeness (QED) is 0.621. The van der Waals surface area contributed by atoms with Crippen molar-refractivity contribution in [1.29, 1.82) is 0 Å². The molecule has 3 aliphatic heterocycles. The predicted octanol–water partition coefficient (Wildman–Crippen LogP) is 2.04. The second-order valence-corrected chi connectivity index (χ2v) is 9.92. The number of para-hydroxylation sites is 1. The van der Waals surface area contributed by atoms with Crippen LogP contribution in [0.15, 0.2) is 48.5 Å². The first-order valence-electron chi connectivity index (χ1n) is 12.9. The third kappa shape index (κ3) is 4.83. The molecular formula is C27H32F2N6O3. The second-order valence-electron chi connectivity index (χ2n) is 9.92. The number of hydrogen-bond acceptors (Lipinski definition) is 6. The maximum atomic E-state index is 14.2. The van der Waals surface area contributed by atoms with Gasteiger partial charge in [-0.2, -0.15) is 0 Å². The van der Waals surface area contributed by atoms with Crippen molar-refractivity contribution in [2.75, 3.05) is 44.2 Å². The number of rotatable bonds is 6. The lowest BCUT2D eigenvalue weighted by atomic mass is 9.97. The molecule has 0 saturated carbocycles. The molecule has 2 aromatic carbocycles. The molecule has 1 N–H and O–H groups in total. The zero-order valence-corrected chi connectivity index (χ0v) is 21.5. The van der Waals surface area contributed by atoms with Crippen LogP contribution in [-0.4, -0.2) is 94.9 Å². The third-order valence-electron chi connectivity index (χ3n) is 7.62. The molecule has 0 spiro atoms. The normalized spacial score (nSPS) is 24.3. The van der Waals surface area contributed by atoms with Crippen LogP contribution >= 0.6 is 0 Å². The van der Waals surface area contributed by atoms with Gasteiger partial charge >= 0.3 is 6.03 Å². The third-order valence-corrected chi connectivity index (χ3v) is 7.62. The van der Waals surface area contributed by atoms with E-state index in [2.05, 4.69) is 5.43 Å². The number of imide groups is 1. The van der Waals surface area contributed by atoms with Crippen molar-refractivity contribution in [3.8, 4) is 0 Å². The summed E-state index contributed by atoms with van der Waals surface area (Å²) in [6, 6.07) is 10.3. The van der Waals surface area contributed by atoms with E-state index in [0.717, 1.165) is 4.90 Å². The molecule has 0 radical (unpaired) electrons. The number of carbonyl (C=O) groups is 3. The number of hydrogen-bond donors (Lipinski definition) is 1. The molecule has 5 rings (SSSR count). The van der Waals surface area contributed by atoms with Gasteiger partial charge in [-0.3, -0.25) is 14.5 Å². The largest absolute Gasteiger partial charge is 0.366 e. The Labute approximate surface area is 220 Å². The van der Waals surface area contributed by atoms with Gasteiger partial charge in [0.15, 0.2) is 0 Å². The van der Waals surface area contributed by atoms with Crippen LogP contribution in [0.25, 0.3) is 0 Å². The Hall–Kier alpha value is -3.57. The number of nitrogens with zero attached hydrogens (tertiary/aromatic N) is 5. The number of carbonyl (C=O) groups excluding carboxylic acids is 3. The lowest BCUT2D eigenvalue weighted by molar-refractivity contribution is -0.142. The van der Waals surface area contributed by atoms with E-state index in [4.69, 9.17) is 0 Å². The Morgan fingerprint density at radius 1 is 1.00 bits per heavy atom. The number of hydrazine groups is 1. The van der Waals surface area contributed by atoms with Crippen molar-refractivity contribution in [2.45, 2.75) is 38.5 Å².